The van der Waals surface area contributed by atoms with E-state index in [1.807, 2.05) is 30.3 Å². The summed E-state index contributed by atoms with van der Waals surface area (Å²) >= 11 is 0. The number of esters is 1. The maximum Gasteiger partial charge on any atom is 0.338 e. The highest BCUT2D eigenvalue weighted by Crippen LogP contribution is 2.23. The Bertz CT molecular complexity index is 1200. The van der Waals surface area contributed by atoms with Gasteiger partial charge in [0, 0.05) is 5.56 Å². The molecule has 0 unspecified atom stereocenters. The van der Waals surface area contributed by atoms with E-state index in [1.165, 1.54) is 7.11 Å². The molecule has 0 saturated heterocycles. The lowest BCUT2D eigenvalue weighted by Crippen LogP contribution is -2.21. The van der Waals surface area contributed by atoms with Gasteiger partial charge in [0.25, 0.3) is 5.91 Å². The van der Waals surface area contributed by atoms with Crippen molar-refractivity contribution in [3.63, 3.8) is 0 Å². The van der Waals surface area contributed by atoms with Crippen LogP contribution in [0.25, 0.3) is 22.4 Å². The van der Waals surface area contributed by atoms with Crippen LogP contribution < -0.4 is 10.1 Å². The van der Waals surface area contributed by atoms with Crippen molar-refractivity contribution >= 4 is 28.6 Å². The van der Waals surface area contributed by atoms with E-state index in [2.05, 4.69) is 15.3 Å². The molecule has 0 atom stereocenters. The zero-order valence-corrected chi connectivity index (χ0v) is 16.2. The first-order valence-electron chi connectivity index (χ1n) is 9.29. The van der Waals surface area contributed by atoms with Crippen LogP contribution in [0.1, 0.15) is 10.4 Å². The van der Waals surface area contributed by atoms with Crippen molar-refractivity contribution < 1.29 is 19.1 Å². The normalized spacial score (nSPS) is 10.6. The second kappa shape index (κ2) is 8.48. The van der Waals surface area contributed by atoms with Crippen LogP contribution >= 0.6 is 0 Å². The number of methoxy groups -OCH3 is 1. The molecule has 7 heteroatoms. The van der Waals surface area contributed by atoms with Gasteiger partial charge in [-0.3, -0.25) is 4.79 Å². The highest BCUT2D eigenvalue weighted by atomic mass is 16.5. The molecule has 0 aliphatic carbocycles. The fourth-order valence-electron chi connectivity index (χ4n) is 3.02. The molecule has 4 aromatic rings. The second-order valence-corrected chi connectivity index (χ2v) is 6.51. The third kappa shape index (κ3) is 4.15. The Balaban J connectivity index is 1.42. The van der Waals surface area contributed by atoms with E-state index in [1.54, 1.807) is 42.5 Å². The number of hydrogen-bond acceptors (Lipinski definition) is 5. The topological polar surface area (TPSA) is 93.3 Å². The Labute approximate surface area is 172 Å². The van der Waals surface area contributed by atoms with Gasteiger partial charge in [0.2, 0.25) is 0 Å². The Hall–Kier alpha value is -4.13. The number of H-pyrrole nitrogens is 1. The van der Waals surface area contributed by atoms with Gasteiger partial charge in [0.15, 0.2) is 6.61 Å². The summed E-state index contributed by atoms with van der Waals surface area (Å²) in [7, 11) is 1.51. The van der Waals surface area contributed by atoms with Crippen LogP contribution in [0.2, 0.25) is 0 Å². The van der Waals surface area contributed by atoms with E-state index in [0.29, 0.717) is 28.3 Å². The van der Waals surface area contributed by atoms with Crippen molar-refractivity contribution in [1.29, 1.82) is 0 Å². The van der Waals surface area contributed by atoms with Crippen molar-refractivity contribution in [2.45, 2.75) is 0 Å². The number of rotatable bonds is 6. The lowest BCUT2D eigenvalue weighted by Gasteiger charge is -2.10. The van der Waals surface area contributed by atoms with Crippen LogP contribution in [0.5, 0.6) is 5.75 Å². The first-order chi connectivity index (χ1) is 14.6. The number of nitrogens with zero attached hydrogens (tertiary/aromatic N) is 1. The molecule has 3 aromatic carbocycles. The fraction of sp³-hybridized carbons (Fsp3) is 0.0870. The smallest absolute Gasteiger partial charge is 0.338 e. The fourth-order valence-corrected chi connectivity index (χ4v) is 3.02. The third-order valence-electron chi connectivity index (χ3n) is 4.48. The number of anilines is 1. The molecule has 150 valence electrons. The number of imidazole rings is 1. The first-order valence-corrected chi connectivity index (χ1v) is 9.29. The summed E-state index contributed by atoms with van der Waals surface area (Å²) in [6.07, 6.45) is 0. The van der Waals surface area contributed by atoms with E-state index in [4.69, 9.17) is 9.47 Å². The van der Waals surface area contributed by atoms with Gasteiger partial charge < -0.3 is 19.8 Å². The lowest BCUT2D eigenvalue weighted by molar-refractivity contribution is -0.119. The van der Waals surface area contributed by atoms with Crippen molar-refractivity contribution in [1.82, 2.24) is 9.97 Å². The Morgan fingerprint density at radius 1 is 1.00 bits per heavy atom. The molecule has 30 heavy (non-hydrogen) atoms. The van der Waals surface area contributed by atoms with Gasteiger partial charge in [-0.15, -0.1) is 0 Å². The van der Waals surface area contributed by atoms with Crippen LogP contribution in [0.4, 0.5) is 5.69 Å². The molecule has 1 amide bonds. The van der Waals surface area contributed by atoms with Crippen LogP contribution in [0.15, 0.2) is 72.8 Å². The van der Waals surface area contributed by atoms with Gasteiger partial charge in [-0.05, 0) is 30.3 Å². The van der Waals surface area contributed by atoms with Gasteiger partial charge in [0.05, 0.1) is 29.4 Å². The summed E-state index contributed by atoms with van der Waals surface area (Å²) in [6, 6.07) is 21.7. The molecule has 0 fully saturated rings. The molecule has 2 N–H and O–H groups in total. The van der Waals surface area contributed by atoms with Crippen LogP contribution in [0, 0.1) is 0 Å². The van der Waals surface area contributed by atoms with Crippen molar-refractivity contribution in [3.8, 4) is 17.1 Å². The quantitative estimate of drug-likeness (QED) is 0.476. The Kier molecular flexibility index (Phi) is 5.43. The first kappa shape index (κ1) is 19.2. The summed E-state index contributed by atoms with van der Waals surface area (Å²) in [5, 5.41) is 2.66. The number of fused-ring (bicyclic) bond motifs is 1. The van der Waals surface area contributed by atoms with Crippen LogP contribution in [0.3, 0.4) is 0 Å². The van der Waals surface area contributed by atoms with E-state index < -0.39 is 18.5 Å². The van der Waals surface area contributed by atoms with Crippen molar-refractivity contribution in [2.75, 3.05) is 19.0 Å². The highest BCUT2D eigenvalue weighted by molar-refractivity contribution is 5.98. The minimum absolute atomic E-state index is 0.329. The summed E-state index contributed by atoms with van der Waals surface area (Å²) in [5.41, 5.74) is 3.23. The number of carbonyl (C=O) groups is 2. The average Bonchev–Trinajstić information content (AvgIpc) is 3.22. The molecule has 0 spiro atoms. The number of para-hydroxylation sites is 2. The standard InChI is InChI=1S/C23H19N3O4/c1-29-20-10-6-5-9-18(20)24-21(27)14-30-23(28)16-11-12-17-19(13-16)26-22(25-17)15-7-3-2-4-8-15/h2-13H,14H2,1H3,(H,24,27)(H,25,26). The lowest BCUT2D eigenvalue weighted by atomic mass is 10.2. The van der Waals surface area contributed by atoms with Crippen LogP contribution in [-0.2, 0) is 9.53 Å². The number of aromatic nitrogens is 2. The number of carbonyl (C=O) groups excluding carboxylic acids is 2. The molecule has 1 heterocycles. The predicted octanol–water partition coefficient (Wildman–Crippen LogP) is 4.03. The minimum atomic E-state index is -0.595. The van der Waals surface area contributed by atoms with E-state index >= 15 is 0 Å². The summed E-state index contributed by atoms with van der Waals surface area (Å²) in [6.45, 7) is -0.410. The minimum Gasteiger partial charge on any atom is -0.495 e. The molecule has 0 bridgehead atoms. The molecule has 7 nitrogen and oxygen atoms in total. The van der Waals surface area contributed by atoms with Crippen molar-refractivity contribution in [3.05, 3.63) is 78.4 Å². The van der Waals surface area contributed by atoms with E-state index in [9.17, 15) is 9.59 Å². The van der Waals surface area contributed by atoms with Crippen molar-refractivity contribution in [2.24, 2.45) is 0 Å². The molecule has 0 aliphatic rings. The van der Waals surface area contributed by atoms with E-state index in [-0.39, 0.29) is 0 Å². The monoisotopic (exact) mass is 401 g/mol. The summed E-state index contributed by atoms with van der Waals surface area (Å²) in [5.74, 6) is 0.188. The molecule has 0 aliphatic heterocycles. The highest BCUT2D eigenvalue weighted by Gasteiger charge is 2.14. The molecule has 0 radical (unpaired) electrons. The maximum atomic E-state index is 12.4. The average molecular weight is 401 g/mol. The third-order valence-corrected chi connectivity index (χ3v) is 4.48. The molecule has 4 rings (SSSR count). The van der Waals surface area contributed by atoms with Gasteiger partial charge in [-0.2, -0.15) is 0 Å². The number of ether oxygens (including phenoxy) is 2. The zero-order chi connectivity index (χ0) is 20.9. The maximum absolute atomic E-state index is 12.4. The molecule has 0 saturated carbocycles. The molecular formula is C23H19N3O4. The van der Waals surface area contributed by atoms with Gasteiger partial charge >= 0.3 is 5.97 Å². The number of nitrogens with one attached hydrogen (secondary N) is 2. The molecule has 1 aromatic heterocycles. The molecular weight excluding hydrogens is 382 g/mol. The zero-order valence-electron chi connectivity index (χ0n) is 16.2. The van der Waals surface area contributed by atoms with Gasteiger partial charge in [-0.1, -0.05) is 42.5 Å². The largest absolute Gasteiger partial charge is 0.495 e. The number of hydrogen-bond donors (Lipinski definition) is 2. The van der Waals surface area contributed by atoms with Gasteiger partial charge in [0.1, 0.15) is 11.6 Å². The second-order valence-electron chi connectivity index (χ2n) is 6.51. The Morgan fingerprint density at radius 3 is 2.57 bits per heavy atom. The van der Waals surface area contributed by atoms with Gasteiger partial charge in [-0.25, -0.2) is 9.78 Å². The predicted molar refractivity (Wildman–Crippen MR) is 113 cm³/mol. The summed E-state index contributed by atoms with van der Waals surface area (Å²) in [4.78, 5) is 32.3. The summed E-state index contributed by atoms with van der Waals surface area (Å²) < 4.78 is 10.3. The number of aromatic amines is 1. The SMILES string of the molecule is COc1ccccc1NC(=O)COC(=O)c1ccc2nc(-c3ccccc3)[nH]c2c1. The van der Waals surface area contributed by atoms with E-state index in [0.717, 1.165) is 11.1 Å². The number of amides is 1. The Morgan fingerprint density at radius 2 is 1.77 bits per heavy atom. The number of benzene rings is 3. The van der Waals surface area contributed by atoms with Crippen LogP contribution in [-0.4, -0.2) is 35.6 Å².